The fourth-order valence-corrected chi connectivity index (χ4v) is 4.02. The van der Waals surface area contributed by atoms with Crippen LogP contribution in [0.15, 0.2) is 54.6 Å². The molecule has 1 aliphatic rings. The first-order valence-corrected chi connectivity index (χ1v) is 10.6. The Morgan fingerprint density at radius 3 is 2.33 bits per heavy atom. The van der Waals surface area contributed by atoms with E-state index in [1.54, 1.807) is 52.7 Å². The third kappa shape index (κ3) is 4.53. The van der Waals surface area contributed by atoms with Gasteiger partial charge in [-0.05, 0) is 54.8 Å². The molecule has 33 heavy (non-hydrogen) atoms. The molecule has 3 aromatic carbocycles. The van der Waals surface area contributed by atoms with Crippen LogP contribution in [0.2, 0.25) is 0 Å². The van der Waals surface area contributed by atoms with Crippen molar-refractivity contribution in [3.8, 4) is 28.7 Å². The van der Waals surface area contributed by atoms with Gasteiger partial charge in [-0.1, -0.05) is 12.1 Å². The van der Waals surface area contributed by atoms with Gasteiger partial charge in [0.2, 0.25) is 5.75 Å². The molecule has 1 atom stereocenters. The Kier molecular flexibility index (Phi) is 6.58. The van der Waals surface area contributed by atoms with Crippen molar-refractivity contribution in [3.63, 3.8) is 0 Å². The zero-order valence-electron chi connectivity index (χ0n) is 19.1. The van der Waals surface area contributed by atoms with E-state index in [-0.39, 0.29) is 12.0 Å². The number of hydrogen-bond donors (Lipinski definition) is 1. The molecular formula is C26H27NO6. The standard InChI is InChI=1S/C26H27NO6/c1-29-19-10-8-16(9-11-19)26(28)27-18-7-5-6-17(14-18)21-13-12-20-22(33-21)15-23(30-2)25(32-4)24(20)31-3/h5-11,14-15,21H,12-13H2,1-4H3,(H,27,28). The molecule has 1 N–H and O–H groups in total. The number of nitrogens with one attached hydrogen (secondary N) is 1. The second-order valence-electron chi connectivity index (χ2n) is 7.58. The van der Waals surface area contributed by atoms with E-state index in [4.69, 9.17) is 23.7 Å². The lowest BCUT2D eigenvalue weighted by molar-refractivity contribution is 0.102. The summed E-state index contributed by atoms with van der Waals surface area (Å²) in [6.45, 7) is 0. The lowest BCUT2D eigenvalue weighted by atomic mass is 9.96. The normalized spacial score (nSPS) is 14.5. The van der Waals surface area contributed by atoms with Crippen LogP contribution < -0.4 is 29.0 Å². The van der Waals surface area contributed by atoms with Crippen LogP contribution in [0.1, 0.15) is 34.0 Å². The van der Waals surface area contributed by atoms with Gasteiger partial charge in [-0.3, -0.25) is 4.79 Å². The van der Waals surface area contributed by atoms with Crippen LogP contribution in [0, 0.1) is 0 Å². The Morgan fingerprint density at radius 1 is 0.909 bits per heavy atom. The van der Waals surface area contributed by atoms with Crippen molar-refractivity contribution in [2.45, 2.75) is 18.9 Å². The molecule has 0 fully saturated rings. The highest BCUT2D eigenvalue weighted by Gasteiger charge is 2.28. The average molecular weight is 450 g/mol. The topological polar surface area (TPSA) is 75.3 Å². The van der Waals surface area contributed by atoms with Gasteiger partial charge in [-0.2, -0.15) is 0 Å². The fourth-order valence-electron chi connectivity index (χ4n) is 4.02. The van der Waals surface area contributed by atoms with Crippen LogP contribution in [0.25, 0.3) is 0 Å². The maximum Gasteiger partial charge on any atom is 0.255 e. The van der Waals surface area contributed by atoms with Crippen LogP contribution in [0.3, 0.4) is 0 Å². The predicted molar refractivity (Wildman–Crippen MR) is 125 cm³/mol. The molecule has 1 amide bonds. The summed E-state index contributed by atoms with van der Waals surface area (Å²) in [7, 11) is 6.37. The number of amides is 1. The Bertz CT molecular complexity index is 1140. The summed E-state index contributed by atoms with van der Waals surface area (Å²) >= 11 is 0. The van der Waals surface area contributed by atoms with Crippen molar-refractivity contribution in [1.29, 1.82) is 0 Å². The summed E-state index contributed by atoms with van der Waals surface area (Å²) in [4.78, 5) is 12.6. The number of benzene rings is 3. The van der Waals surface area contributed by atoms with E-state index >= 15 is 0 Å². The third-order valence-corrected chi connectivity index (χ3v) is 5.69. The Labute approximate surface area is 193 Å². The average Bonchev–Trinajstić information content (AvgIpc) is 2.87. The van der Waals surface area contributed by atoms with Gasteiger partial charge in [0.25, 0.3) is 5.91 Å². The SMILES string of the molecule is COc1ccc(C(=O)Nc2cccc(C3CCc4c(cc(OC)c(OC)c4OC)O3)c2)cc1. The highest BCUT2D eigenvalue weighted by Crippen LogP contribution is 2.49. The molecular weight excluding hydrogens is 422 g/mol. The Hall–Kier alpha value is -3.87. The number of rotatable bonds is 7. The van der Waals surface area contributed by atoms with Gasteiger partial charge in [0.15, 0.2) is 11.5 Å². The number of methoxy groups -OCH3 is 4. The number of carbonyl (C=O) groups is 1. The molecule has 0 saturated carbocycles. The first-order chi connectivity index (χ1) is 16.1. The molecule has 0 saturated heterocycles. The van der Waals surface area contributed by atoms with E-state index < -0.39 is 0 Å². The second kappa shape index (κ2) is 9.73. The maximum atomic E-state index is 12.6. The van der Waals surface area contributed by atoms with Gasteiger partial charge in [0.05, 0.1) is 28.4 Å². The van der Waals surface area contributed by atoms with Gasteiger partial charge >= 0.3 is 0 Å². The van der Waals surface area contributed by atoms with Crippen molar-refractivity contribution >= 4 is 11.6 Å². The van der Waals surface area contributed by atoms with Crippen LogP contribution in [-0.2, 0) is 6.42 Å². The highest BCUT2D eigenvalue weighted by atomic mass is 16.5. The minimum atomic E-state index is -0.189. The molecule has 0 aromatic heterocycles. The molecule has 4 rings (SSSR count). The van der Waals surface area contributed by atoms with Gasteiger partial charge in [-0.25, -0.2) is 0 Å². The van der Waals surface area contributed by atoms with Crippen LogP contribution in [-0.4, -0.2) is 34.3 Å². The first kappa shape index (κ1) is 22.3. The van der Waals surface area contributed by atoms with E-state index in [0.29, 0.717) is 40.0 Å². The minimum Gasteiger partial charge on any atom is -0.497 e. The molecule has 3 aromatic rings. The molecule has 0 aliphatic carbocycles. The van der Waals surface area contributed by atoms with Crippen molar-refractivity contribution in [2.24, 2.45) is 0 Å². The van der Waals surface area contributed by atoms with Crippen LogP contribution in [0.5, 0.6) is 28.7 Å². The highest BCUT2D eigenvalue weighted by molar-refractivity contribution is 6.04. The van der Waals surface area contributed by atoms with Gasteiger partial charge in [0.1, 0.15) is 17.6 Å². The van der Waals surface area contributed by atoms with Crippen molar-refractivity contribution in [1.82, 2.24) is 0 Å². The molecule has 1 heterocycles. The zero-order chi connectivity index (χ0) is 23.4. The minimum absolute atomic E-state index is 0.168. The molecule has 0 bridgehead atoms. The van der Waals surface area contributed by atoms with E-state index in [1.165, 1.54) is 0 Å². The first-order valence-electron chi connectivity index (χ1n) is 10.6. The van der Waals surface area contributed by atoms with Crippen molar-refractivity contribution in [2.75, 3.05) is 33.8 Å². The summed E-state index contributed by atoms with van der Waals surface area (Å²) in [5, 5.41) is 2.95. The summed E-state index contributed by atoms with van der Waals surface area (Å²) in [6.07, 6.45) is 1.35. The summed E-state index contributed by atoms with van der Waals surface area (Å²) in [5.74, 6) is 2.96. The Balaban J connectivity index is 1.54. The third-order valence-electron chi connectivity index (χ3n) is 5.69. The fraction of sp³-hybridized carbons (Fsp3) is 0.269. The quantitative estimate of drug-likeness (QED) is 0.545. The van der Waals surface area contributed by atoms with Crippen molar-refractivity contribution in [3.05, 3.63) is 71.3 Å². The predicted octanol–water partition coefficient (Wildman–Crippen LogP) is 5.04. The van der Waals surface area contributed by atoms with E-state index in [0.717, 1.165) is 24.0 Å². The smallest absolute Gasteiger partial charge is 0.255 e. The number of hydrogen-bond acceptors (Lipinski definition) is 6. The summed E-state index contributed by atoms with van der Waals surface area (Å²) in [6, 6.07) is 16.5. The molecule has 1 unspecified atom stereocenters. The molecule has 0 radical (unpaired) electrons. The van der Waals surface area contributed by atoms with E-state index in [1.807, 2.05) is 30.3 Å². The summed E-state index contributed by atoms with van der Waals surface area (Å²) in [5.41, 5.74) is 3.18. The zero-order valence-corrected chi connectivity index (χ0v) is 19.1. The maximum absolute atomic E-state index is 12.6. The number of anilines is 1. The van der Waals surface area contributed by atoms with Gasteiger partial charge in [-0.15, -0.1) is 0 Å². The summed E-state index contributed by atoms with van der Waals surface area (Å²) < 4.78 is 28.0. The lowest BCUT2D eigenvalue weighted by Crippen LogP contribution is -2.17. The van der Waals surface area contributed by atoms with Gasteiger partial charge in [0, 0.05) is 22.9 Å². The molecule has 7 heteroatoms. The Morgan fingerprint density at radius 2 is 1.67 bits per heavy atom. The number of ether oxygens (including phenoxy) is 5. The molecule has 1 aliphatic heterocycles. The molecule has 172 valence electrons. The van der Waals surface area contributed by atoms with Crippen LogP contribution >= 0.6 is 0 Å². The number of carbonyl (C=O) groups excluding carboxylic acids is 1. The number of fused-ring (bicyclic) bond motifs is 1. The largest absolute Gasteiger partial charge is 0.497 e. The van der Waals surface area contributed by atoms with E-state index in [2.05, 4.69) is 5.32 Å². The van der Waals surface area contributed by atoms with Gasteiger partial charge < -0.3 is 29.0 Å². The second-order valence-corrected chi connectivity index (χ2v) is 7.58. The van der Waals surface area contributed by atoms with E-state index in [9.17, 15) is 4.79 Å². The monoisotopic (exact) mass is 449 g/mol. The van der Waals surface area contributed by atoms with Crippen molar-refractivity contribution < 1.29 is 28.5 Å². The molecule has 7 nitrogen and oxygen atoms in total. The van der Waals surface area contributed by atoms with Crippen LogP contribution in [0.4, 0.5) is 5.69 Å². The lowest BCUT2D eigenvalue weighted by Gasteiger charge is -2.29. The molecule has 0 spiro atoms.